The quantitative estimate of drug-likeness (QED) is 0.887. The Morgan fingerprint density at radius 3 is 2.50 bits per heavy atom. The molecule has 5 nitrogen and oxygen atoms in total. The molecule has 0 radical (unpaired) electrons. The zero-order chi connectivity index (χ0) is 13.7. The van der Waals surface area contributed by atoms with Crippen LogP contribution in [0.2, 0.25) is 0 Å². The van der Waals surface area contributed by atoms with Crippen molar-refractivity contribution in [2.24, 2.45) is 5.73 Å². The van der Waals surface area contributed by atoms with Crippen molar-refractivity contribution in [1.82, 2.24) is 4.90 Å². The molecule has 1 aliphatic heterocycles. The Balaban J connectivity index is 0.00000200. The van der Waals surface area contributed by atoms with Crippen LogP contribution in [-0.4, -0.2) is 36.3 Å². The number of hydrogen-bond acceptors (Lipinski definition) is 3. The van der Waals surface area contributed by atoms with Gasteiger partial charge in [0, 0.05) is 26.1 Å². The third-order valence-corrected chi connectivity index (χ3v) is 3.20. The van der Waals surface area contributed by atoms with Crippen LogP contribution in [-0.2, 0) is 4.79 Å². The molecule has 1 aromatic rings. The van der Waals surface area contributed by atoms with Crippen molar-refractivity contribution >= 4 is 29.9 Å². The molecule has 20 heavy (non-hydrogen) atoms. The molecule has 0 saturated carbocycles. The van der Waals surface area contributed by atoms with Gasteiger partial charge in [-0.05, 0) is 25.0 Å². The second-order valence-corrected chi connectivity index (χ2v) is 4.63. The number of nitrogens with two attached hydrogens (primary N) is 1. The van der Waals surface area contributed by atoms with Gasteiger partial charge in [-0.2, -0.15) is 0 Å². The van der Waals surface area contributed by atoms with Gasteiger partial charge in [-0.3, -0.25) is 9.59 Å². The fourth-order valence-electron chi connectivity index (χ4n) is 2.21. The van der Waals surface area contributed by atoms with Crippen LogP contribution in [0.1, 0.15) is 29.6 Å². The zero-order valence-corrected chi connectivity index (χ0v) is 12.1. The normalized spacial score (nSPS) is 13.8. The summed E-state index contributed by atoms with van der Waals surface area (Å²) in [5.41, 5.74) is 6.46. The minimum atomic E-state index is -0.163. The third-order valence-electron chi connectivity index (χ3n) is 3.20. The van der Waals surface area contributed by atoms with E-state index in [-0.39, 0.29) is 30.6 Å². The van der Waals surface area contributed by atoms with Crippen molar-refractivity contribution in [2.45, 2.75) is 19.3 Å². The molecule has 6 heteroatoms. The van der Waals surface area contributed by atoms with Crippen molar-refractivity contribution in [1.29, 1.82) is 0 Å². The zero-order valence-electron chi connectivity index (χ0n) is 11.3. The van der Waals surface area contributed by atoms with Gasteiger partial charge in [0.05, 0.1) is 11.3 Å². The lowest BCUT2D eigenvalue weighted by Crippen LogP contribution is -2.29. The standard InChI is InChI=1S/C14H19N3O2.ClH/c15-8-7-13(18)16-12-6-2-1-5-11(12)14(19)17-9-3-4-10-17;/h1-2,5-6H,3-4,7-10,15H2,(H,16,18);1H. The predicted molar refractivity (Wildman–Crippen MR) is 81.1 cm³/mol. The molecule has 0 bridgehead atoms. The van der Waals surface area contributed by atoms with Crippen molar-refractivity contribution in [3.05, 3.63) is 29.8 Å². The van der Waals surface area contributed by atoms with E-state index in [0.717, 1.165) is 25.9 Å². The van der Waals surface area contributed by atoms with E-state index in [1.165, 1.54) is 0 Å². The summed E-state index contributed by atoms with van der Waals surface area (Å²) < 4.78 is 0. The number of benzene rings is 1. The Morgan fingerprint density at radius 2 is 1.85 bits per heavy atom. The number of rotatable bonds is 4. The fourth-order valence-corrected chi connectivity index (χ4v) is 2.21. The average Bonchev–Trinajstić information content (AvgIpc) is 2.93. The molecule has 0 unspecified atom stereocenters. The SMILES string of the molecule is Cl.NCCC(=O)Nc1ccccc1C(=O)N1CCCC1. The molecule has 1 fully saturated rings. The van der Waals surface area contributed by atoms with E-state index < -0.39 is 0 Å². The van der Waals surface area contributed by atoms with E-state index in [0.29, 0.717) is 17.8 Å². The lowest BCUT2D eigenvalue weighted by Gasteiger charge is -2.17. The largest absolute Gasteiger partial charge is 0.339 e. The third kappa shape index (κ3) is 3.95. The van der Waals surface area contributed by atoms with Crippen molar-refractivity contribution in [3.63, 3.8) is 0 Å². The predicted octanol–water partition coefficient (Wildman–Crippen LogP) is 1.63. The van der Waals surface area contributed by atoms with Gasteiger partial charge in [0.15, 0.2) is 0 Å². The maximum Gasteiger partial charge on any atom is 0.255 e. The first-order valence-electron chi connectivity index (χ1n) is 6.60. The number of para-hydroxylation sites is 1. The van der Waals surface area contributed by atoms with Gasteiger partial charge < -0.3 is 16.0 Å². The lowest BCUT2D eigenvalue weighted by atomic mass is 10.1. The molecule has 0 atom stereocenters. The number of carbonyl (C=O) groups excluding carboxylic acids is 2. The number of halogens is 1. The molecule has 1 saturated heterocycles. The van der Waals surface area contributed by atoms with Crippen molar-refractivity contribution in [2.75, 3.05) is 25.0 Å². The first kappa shape index (κ1) is 16.5. The minimum Gasteiger partial charge on any atom is -0.339 e. The summed E-state index contributed by atoms with van der Waals surface area (Å²) in [7, 11) is 0. The number of hydrogen-bond donors (Lipinski definition) is 2. The van der Waals surface area contributed by atoms with Gasteiger partial charge in [-0.15, -0.1) is 12.4 Å². The van der Waals surface area contributed by atoms with Crippen LogP contribution in [0, 0.1) is 0 Å². The highest BCUT2D eigenvalue weighted by molar-refractivity contribution is 6.03. The van der Waals surface area contributed by atoms with Crippen LogP contribution in [0.15, 0.2) is 24.3 Å². The number of amides is 2. The number of likely N-dealkylation sites (tertiary alicyclic amines) is 1. The van der Waals surface area contributed by atoms with Crippen LogP contribution >= 0.6 is 12.4 Å². The summed E-state index contributed by atoms with van der Waals surface area (Å²) in [6.07, 6.45) is 2.35. The van der Waals surface area contributed by atoms with E-state index >= 15 is 0 Å². The molecule has 2 amide bonds. The Morgan fingerprint density at radius 1 is 1.20 bits per heavy atom. The van der Waals surface area contributed by atoms with Gasteiger partial charge >= 0.3 is 0 Å². The van der Waals surface area contributed by atoms with Crippen LogP contribution in [0.5, 0.6) is 0 Å². The summed E-state index contributed by atoms with van der Waals surface area (Å²) in [6, 6.07) is 7.11. The van der Waals surface area contributed by atoms with E-state index in [9.17, 15) is 9.59 Å². The number of anilines is 1. The first-order chi connectivity index (χ1) is 9.22. The molecule has 0 aliphatic carbocycles. The molecule has 1 aromatic carbocycles. The second kappa shape index (κ2) is 7.87. The molecule has 0 spiro atoms. The molecule has 0 aromatic heterocycles. The monoisotopic (exact) mass is 297 g/mol. The number of nitrogens with zero attached hydrogens (tertiary/aromatic N) is 1. The van der Waals surface area contributed by atoms with Crippen LogP contribution in [0.4, 0.5) is 5.69 Å². The van der Waals surface area contributed by atoms with Crippen molar-refractivity contribution < 1.29 is 9.59 Å². The van der Waals surface area contributed by atoms with E-state index in [1.54, 1.807) is 18.2 Å². The van der Waals surface area contributed by atoms with Gasteiger partial charge in [-0.25, -0.2) is 0 Å². The van der Waals surface area contributed by atoms with E-state index in [2.05, 4.69) is 5.32 Å². The summed E-state index contributed by atoms with van der Waals surface area (Å²) >= 11 is 0. The summed E-state index contributed by atoms with van der Waals surface area (Å²) in [6.45, 7) is 1.89. The smallest absolute Gasteiger partial charge is 0.255 e. The Labute approximate surface area is 124 Å². The maximum atomic E-state index is 12.4. The minimum absolute atomic E-state index is 0. The van der Waals surface area contributed by atoms with Gasteiger partial charge in [0.2, 0.25) is 5.91 Å². The Bertz CT molecular complexity index is 473. The highest BCUT2D eigenvalue weighted by Gasteiger charge is 2.21. The van der Waals surface area contributed by atoms with Crippen LogP contribution in [0.25, 0.3) is 0 Å². The van der Waals surface area contributed by atoms with Crippen LogP contribution < -0.4 is 11.1 Å². The van der Waals surface area contributed by atoms with Gasteiger partial charge in [0.25, 0.3) is 5.91 Å². The number of carbonyl (C=O) groups is 2. The van der Waals surface area contributed by atoms with Gasteiger partial charge in [0.1, 0.15) is 0 Å². The van der Waals surface area contributed by atoms with Crippen molar-refractivity contribution in [3.8, 4) is 0 Å². The molecular formula is C14H20ClN3O2. The average molecular weight is 298 g/mol. The van der Waals surface area contributed by atoms with Crippen LogP contribution in [0.3, 0.4) is 0 Å². The summed E-state index contributed by atoms with van der Waals surface area (Å²) in [4.78, 5) is 25.8. The Kier molecular flexibility index (Phi) is 6.48. The lowest BCUT2D eigenvalue weighted by molar-refractivity contribution is -0.116. The molecule has 110 valence electrons. The fraction of sp³-hybridized carbons (Fsp3) is 0.429. The molecule has 1 aliphatic rings. The highest BCUT2D eigenvalue weighted by atomic mass is 35.5. The first-order valence-corrected chi connectivity index (χ1v) is 6.60. The highest BCUT2D eigenvalue weighted by Crippen LogP contribution is 2.20. The molecule has 3 N–H and O–H groups in total. The van der Waals surface area contributed by atoms with Gasteiger partial charge in [-0.1, -0.05) is 12.1 Å². The molecule has 1 heterocycles. The van der Waals surface area contributed by atoms with E-state index in [4.69, 9.17) is 5.73 Å². The topological polar surface area (TPSA) is 75.4 Å². The molecule has 2 rings (SSSR count). The summed E-state index contributed by atoms with van der Waals surface area (Å²) in [5, 5.41) is 2.75. The number of nitrogens with one attached hydrogen (secondary N) is 1. The maximum absolute atomic E-state index is 12.4. The second-order valence-electron chi connectivity index (χ2n) is 4.63. The van der Waals surface area contributed by atoms with E-state index in [1.807, 2.05) is 11.0 Å². The Hall–Kier alpha value is -1.59. The molecular weight excluding hydrogens is 278 g/mol. The summed E-state index contributed by atoms with van der Waals surface area (Å²) in [5.74, 6) is -0.176.